The second-order valence-corrected chi connectivity index (χ2v) is 12.3. The van der Waals surface area contributed by atoms with Crippen molar-refractivity contribution in [2.75, 3.05) is 19.6 Å². The summed E-state index contributed by atoms with van der Waals surface area (Å²) in [6.45, 7) is 2.18. The molecule has 0 unspecified atom stereocenters. The van der Waals surface area contributed by atoms with Crippen molar-refractivity contribution in [1.29, 1.82) is 0 Å². The minimum atomic E-state index is -3.49. The average Bonchev–Trinajstić information content (AvgIpc) is 3.28. The highest BCUT2D eigenvalue weighted by Crippen LogP contribution is 2.29. The van der Waals surface area contributed by atoms with Crippen LogP contribution < -0.4 is 11.1 Å². The number of rotatable bonds is 8. The van der Waals surface area contributed by atoms with Crippen molar-refractivity contribution in [2.45, 2.75) is 61.6 Å². The van der Waals surface area contributed by atoms with Gasteiger partial charge in [-0.1, -0.05) is 37.5 Å². The van der Waals surface area contributed by atoms with Gasteiger partial charge in [-0.3, -0.25) is 4.79 Å². The standard InChI is InChI=1S/C24H33N3O3S2/c25-24(28)22-9-5-4-8-19(22)16-21-10-11-23(31-21)32(29,30)27-14-12-20(13-15-27)26-17-18-6-2-1-3-7-18/h4-5,8-11,18,20,26H,1-3,6-7,12-17H2,(H2,25,28). The molecule has 32 heavy (non-hydrogen) atoms. The first-order chi connectivity index (χ1) is 15.4. The number of sulfonamides is 1. The van der Waals surface area contributed by atoms with Crippen molar-refractivity contribution in [1.82, 2.24) is 9.62 Å². The average molecular weight is 476 g/mol. The van der Waals surface area contributed by atoms with Crippen LogP contribution in [0.2, 0.25) is 0 Å². The number of thiophene rings is 1. The fourth-order valence-corrected chi connectivity index (χ4v) is 7.85. The molecule has 0 spiro atoms. The van der Waals surface area contributed by atoms with Crippen LogP contribution in [-0.4, -0.2) is 44.3 Å². The van der Waals surface area contributed by atoms with E-state index in [0.29, 0.717) is 35.3 Å². The quantitative estimate of drug-likeness (QED) is 0.608. The molecule has 4 rings (SSSR count). The fraction of sp³-hybridized carbons (Fsp3) is 0.542. The second-order valence-electron chi connectivity index (χ2n) is 9.01. The summed E-state index contributed by atoms with van der Waals surface area (Å²) < 4.78 is 28.4. The lowest BCUT2D eigenvalue weighted by molar-refractivity contribution is 0.0999. The van der Waals surface area contributed by atoms with Crippen LogP contribution in [-0.2, 0) is 16.4 Å². The maximum atomic E-state index is 13.2. The van der Waals surface area contributed by atoms with E-state index in [4.69, 9.17) is 5.73 Å². The van der Waals surface area contributed by atoms with Gasteiger partial charge in [-0.25, -0.2) is 8.42 Å². The van der Waals surface area contributed by atoms with E-state index in [0.717, 1.165) is 35.7 Å². The predicted molar refractivity (Wildman–Crippen MR) is 128 cm³/mol. The molecule has 8 heteroatoms. The molecule has 2 aromatic rings. The van der Waals surface area contributed by atoms with Gasteiger partial charge in [-0.05, 0) is 61.9 Å². The number of nitrogens with two attached hydrogens (primary N) is 1. The Morgan fingerprint density at radius 2 is 1.75 bits per heavy atom. The number of piperidine rings is 1. The number of hydrogen-bond acceptors (Lipinski definition) is 5. The van der Waals surface area contributed by atoms with Gasteiger partial charge in [0.2, 0.25) is 5.91 Å². The van der Waals surface area contributed by atoms with Crippen LogP contribution in [0.4, 0.5) is 0 Å². The molecule has 1 aromatic carbocycles. The minimum Gasteiger partial charge on any atom is -0.366 e. The highest BCUT2D eigenvalue weighted by molar-refractivity contribution is 7.91. The van der Waals surface area contributed by atoms with E-state index in [1.165, 1.54) is 43.4 Å². The van der Waals surface area contributed by atoms with Crippen LogP contribution >= 0.6 is 11.3 Å². The van der Waals surface area contributed by atoms with Gasteiger partial charge < -0.3 is 11.1 Å². The van der Waals surface area contributed by atoms with Gasteiger partial charge in [0.25, 0.3) is 10.0 Å². The van der Waals surface area contributed by atoms with Crippen molar-refractivity contribution >= 4 is 27.3 Å². The Bertz CT molecular complexity index is 1020. The SMILES string of the molecule is NC(=O)c1ccccc1Cc1ccc(S(=O)(=O)N2CCC(NCC3CCCCC3)CC2)s1. The molecule has 0 atom stereocenters. The zero-order valence-corrected chi connectivity index (χ0v) is 20.1. The van der Waals surface area contributed by atoms with E-state index in [9.17, 15) is 13.2 Å². The molecular formula is C24H33N3O3S2. The first kappa shape index (κ1) is 23.4. The summed E-state index contributed by atoms with van der Waals surface area (Å²) in [7, 11) is -3.49. The van der Waals surface area contributed by atoms with Crippen LogP contribution in [0.3, 0.4) is 0 Å². The molecule has 1 amide bonds. The molecule has 2 fully saturated rings. The van der Waals surface area contributed by atoms with E-state index in [1.54, 1.807) is 22.5 Å². The molecule has 1 saturated heterocycles. The Hall–Kier alpha value is -1.74. The van der Waals surface area contributed by atoms with Crippen molar-refractivity contribution < 1.29 is 13.2 Å². The summed E-state index contributed by atoms with van der Waals surface area (Å²) in [6.07, 6.45) is 8.92. The monoisotopic (exact) mass is 475 g/mol. The zero-order valence-electron chi connectivity index (χ0n) is 18.5. The summed E-state index contributed by atoms with van der Waals surface area (Å²) >= 11 is 1.28. The summed E-state index contributed by atoms with van der Waals surface area (Å²) in [5.74, 6) is 0.319. The smallest absolute Gasteiger partial charge is 0.252 e. The molecule has 2 heterocycles. The summed E-state index contributed by atoms with van der Waals surface area (Å²) in [6, 6.07) is 11.1. The molecule has 174 valence electrons. The van der Waals surface area contributed by atoms with E-state index in [-0.39, 0.29) is 0 Å². The Kier molecular flexibility index (Phi) is 7.66. The van der Waals surface area contributed by atoms with Crippen molar-refractivity contribution in [3.05, 3.63) is 52.4 Å². The lowest BCUT2D eigenvalue weighted by Crippen LogP contribution is -2.45. The van der Waals surface area contributed by atoms with Gasteiger partial charge in [-0.15, -0.1) is 11.3 Å². The Balaban J connectivity index is 1.33. The van der Waals surface area contributed by atoms with Gasteiger partial charge in [0.05, 0.1) is 0 Å². The highest BCUT2D eigenvalue weighted by Gasteiger charge is 2.30. The van der Waals surface area contributed by atoms with E-state index >= 15 is 0 Å². The van der Waals surface area contributed by atoms with Crippen LogP contribution in [0.15, 0.2) is 40.6 Å². The fourth-order valence-electron chi connectivity index (χ4n) is 4.85. The molecule has 0 bridgehead atoms. The van der Waals surface area contributed by atoms with Crippen LogP contribution in [0.5, 0.6) is 0 Å². The molecule has 1 aromatic heterocycles. The number of primary amides is 1. The molecule has 6 nitrogen and oxygen atoms in total. The molecular weight excluding hydrogens is 442 g/mol. The molecule has 1 aliphatic heterocycles. The maximum Gasteiger partial charge on any atom is 0.252 e. The zero-order chi connectivity index (χ0) is 22.6. The third-order valence-electron chi connectivity index (χ3n) is 6.75. The van der Waals surface area contributed by atoms with Gasteiger partial charge in [0.1, 0.15) is 4.21 Å². The van der Waals surface area contributed by atoms with Crippen LogP contribution in [0.25, 0.3) is 0 Å². The van der Waals surface area contributed by atoms with Crippen LogP contribution in [0, 0.1) is 5.92 Å². The number of carbonyl (C=O) groups excluding carboxylic acids is 1. The number of nitrogens with zero attached hydrogens (tertiary/aromatic N) is 1. The highest BCUT2D eigenvalue weighted by atomic mass is 32.2. The maximum absolute atomic E-state index is 13.2. The number of benzene rings is 1. The largest absolute Gasteiger partial charge is 0.366 e. The first-order valence-electron chi connectivity index (χ1n) is 11.6. The molecule has 3 N–H and O–H groups in total. The summed E-state index contributed by atoms with van der Waals surface area (Å²) in [5, 5.41) is 3.69. The number of amides is 1. The predicted octanol–water partition coefficient (Wildman–Crippen LogP) is 3.76. The Labute approximate surface area is 195 Å². The second kappa shape index (κ2) is 10.5. The van der Waals surface area contributed by atoms with Crippen LogP contribution in [0.1, 0.15) is 65.7 Å². The summed E-state index contributed by atoms with van der Waals surface area (Å²) in [5.41, 5.74) is 6.77. The topological polar surface area (TPSA) is 92.5 Å². The Morgan fingerprint density at radius 1 is 1.03 bits per heavy atom. The Morgan fingerprint density at radius 3 is 2.47 bits per heavy atom. The number of carbonyl (C=O) groups is 1. The molecule has 2 aliphatic rings. The van der Waals surface area contributed by atoms with E-state index < -0.39 is 15.9 Å². The number of hydrogen-bond donors (Lipinski definition) is 2. The number of nitrogens with one attached hydrogen (secondary N) is 1. The van der Waals surface area contributed by atoms with Crippen molar-refractivity contribution in [2.24, 2.45) is 11.7 Å². The molecule has 1 saturated carbocycles. The van der Waals surface area contributed by atoms with Crippen molar-refractivity contribution in [3.63, 3.8) is 0 Å². The summed E-state index contributed by atoms with van der Waals surface area (Å²) in [4.78, 5) is 12.6. The van der Waals surface area contributed by atoms with E-state index in [1.807, 2.05) is 18.2 Å². The third-order valence-corrected chi connectivity index (χ3v) is 10.2. The van der Waals surface area contributed by atoms with Gasteiger partial charge >= 0.3 is 0 Å². The third kappa shape index (κ3) is 5.60. The van der Waals surface area contributed by atoms with Crippen molar-refractivity contribution in [3.8, 4) is 0 Å². The van der Waals surface area contributed by atoms with Gasteiger partial charge in [-0.2, -0.15) is 4.31 Å². The van der Waals surface area contributed by atoms with Gasteiger partial charge in [0.15, 0.2) is 0 Å². The lowest BCUT2D eigenvalue weighted by Gasteiger charge is -2.32. The molecule has 1 aliphatic carbocycles. The lowest BCUT2D eigenvalue weighted by atomic mass is 9.89. The molecule has 0 radical (unpaired) electrons. The van der Waals surface area contributed by atoms with Gasteiger partial charge in [0, 0.05) is 36.0 Å². The van der Waals surface area contributed by atoms with E-state index in [2.05, 4.69) is 5.32 Å². The normalized spacial score (nSPS) is 19.2. The first-order valence-corrected chi connectivity index (χ1v) is 13.9. The minimum absolute atomic E-state index is 0.373.